The van der Waals surface area contributed by atoms with Crippen molar-refractivity contribution in [2.75, 3.05) is 5.75 Å². The molecule has 1 aliphatic heterocycles. The van der Waals surface area contributed by atoms with Gasteiger partial charge in [0.2, 0.25) is 11.8 Å². The molecule has 0 bridgehead atoms. The van der Waals surface area contributed by atoms with E-state index in [0.29, 0.717) is 53.7 Å². The number of rotatable bonds is 18. The Kier molecular flexibility index (Phi) is 15.2. The molecule has 0 saturated carbocycles. The Balaban J connectivity index is 1.24. The van der Waals surface area contributed by atoms with Gasteiger partial charge in [-0.25, -0.2) is 10.5 Å². The van der Waals surface area contributed by atoms with E-state index in [9.17, 15) is 14.7 Å². The van der Waals surface area contributed by atoms with Crippen molar-refractivity contribution in [3.8, 4) is 22.6 Å². The van der Waals surface area contributed by atoms with Crippen LogP contribution in [-0.4, -0.2) is 45.3 Å². The highest BCUT2D eigenvalue weighted by Gasteiger charge is 2.33. The number of allylic oxidation sites excluding steroid dienone is 2. The molecule has 1 aromatic heterocycles. The Morgan fingerprint density at radius 1 is 0.887 bits per heavy atom. The number of aliphatic hydroxyl groups is 1. The first-order valence-electron chi connectivity index (χ1n) is 17.9. The Hall–Kier alpha value is -4.78. The van der Waals surface area contributed by atoms with Crippen molar-refractivity contribution >= 4 is 23.6 Å². The molecular formula is C42H47N3O7S. The lowest BCUT2D eigenvalue weighted by Gasteiger charge is -2.36. The maximum absolute atomic E-state index is 12.6. The molecule has 0 spiro atoms. The Morgan fingerprint density at radius 3 is 2.19 bits per heavy atom. The minimum atomic E-state index is -0.751. The third kappa shape index (κ3) is 11.9. The van der Waals surface area contributed by atoms with Crippen molar-refractivity contribution < 1.29 is 33.8 Å². The molecular weight excluding hydrogens is 691 g/mol. The first kappa shape index (κ1) is 39.4. The zero-order valence-electron chi connectivity index (χ0n) is 29.9. The number of thioether (sulfide) groups is 1. The maximum atomic E-state index is 12.6. The van der Waals surface area contributed by atoms with E-state index in [1.807, 2.05) is 97.9 Å². The number of hydrogen-bond donors (Lipinski definition) is 4. The fourth-order valence-electron chi connectivity index (χ4n) is 5.83. The lowest BCUT2D eigenvalue weighted by atomic mass is 10.0. The summed E-state index contributed by atoms with van der Waals surface area (Å²) in [6, 6.07) is 27.7. The van der Waals surface area contributed by atoms with Gasteiger partial charge in [0.1, 0.15) is 5.69 Å². The second kappa shape index (κ2) is 20.5. The zero-order valence-corrected chi connectivity index (χ0v) is 30.7. The number of carbonyl (C=O) groups is 2. The van der Waals surface area contributed by atoms with E-state index in [1.165, 1.54) is 11.8 Å². The number of benzene rings is 3. The van der Waals surface area contributed by atoms with Gasteiger partial charge >= 0.3 is 0 Å². The maximum Gasteiger partial charge on any atom is 0.256 e. The number of aliphatic hydroxyl groups excluding tert-OH is 1. The van der Waals surface area contributed by atoms with E-state index in [2.05, 4.69) is 11.9 Å². The molecule has 5 rings (SSSR count). The molecule has 1 saturated heterocycles. The topological polar surface area (TPSA) is 143 Å². The lowest BCUT2D eigenvalue weighted by Crippen LogP contribution is -2.36. The van der Waals surface area contributed by atoms with Gasteiger partial charge in [-0.05, 0) is 37.0 Å². The number of unbranched alkanes of at least 4 members (excludes halogenated alkanes) is 3. The number of amides is 2. The fraction of sp³-hybridized carbons (Fsp3) is 0.310. The molecule has 53 heavy (non-hydrogen) atoms. The Bertz CT molecular complexity index is 1780. The van der Waals surface area contributed by atoms with Crippen LogP contribution >= 0.6 is 11.8 Å². The summed E-state index contributed by atoms with van der Waals surface area (Å²) in [4.78, 5) is 28.7. The van der Waals surface area contributed by atoms with Crippen LogP contribution in [0.5, 0.6) is 0 Å². The summed E-state index contributed by atoms with van der Waals surface area (Å²) in [6.45, 7) is 6.06. The van der Waals surface area contributed by atoms with Gasteiger partial charge in [0.25, 0.3) is 5.22 Å². The van der Waals surface area contributed by atoms with Crippen LogP contribution in [0.3, 0.4) is 0 Å². The van der Waals surface area contributed by atoms with E-state index >= 15 is 0 Å². The van der Waals surface area contributed by atoms with Gasteiger partial charge in [0, 0.05) is 47.4 Å². The molecule has 2 heterocycles. The third-order valence-electron chi connectivity index (χ3n) is 8.76. The van der Waals surface area contributed by atoms with Crippen LogP contribution in [0.15, 0.2) is 131 Å². The van der Waals surface area contributed by atoms with Crippen LogP contribution in [0.1, 0.15) is 69.1 Å². The molecule has 0 unspecified atom stereocenters. The highest BCUT2D eigenvalue weighted by molar-refractivity contribution is 7.99. The highest BCUT2D eigenvalue weighted by Crippen LogP contribution is 2.39. The Labute approximate surface area is 315 Å². The number of carbonyl (C=O) groups excluding carboxylic acids is 2. The van der Waals surface area contributed by atoms with Crippen LogP contribution in [0, 0.1) is 0 Å². The zero-order chi connectivity index (χ0) is 37.4. The summed E-state index contributed by atoms with van der Waals surface area (Å²) in [5.41, 5.74) is 7.32. The highest BCUT2D eigenvalue weighted by atomic mass is 32.2. The minimum absolute atomic E-state index is 0.0418. The van der Waals surface area contributed by atoms with Crippen molar-refractivity contribution in [1.82, 2.24) is 15.8 Å². The van der Waals surface area contributed by atoms with E-state index in [-0.39, 0.29) is 31.1 Å². The average molecular weight is 738 g/mol. The van der Waals surface area contributed by atoms with Crippen LogP contribution < -0.4 is 10.8 Å². The monoisotopic (exact) mass is 737 g/mol. The van der Waals surface area contributed by atoms with Crippen LogP contribution in [0.2, 0.25) is 0 Å². The summed E-state index contributed by atoms with van der Waals surface area (Å²) in [5, 5.41) is 21.7. The average Bonchev–Trinajstić information content (AvgIpc) is 3.64. The summed E-state index contributed by atoms with van der Waals surface area (Å²) in [6.07, 6.45) is 8.26. The second-order valence-corrected chi connectivity index (χ2v) is 13.7. The molecule has 0 aliphatic carbocycles. The molecule has 4 aromatic rings. The molecule has 3 aromatic carbocycles. The minimum Gasteiger partial charge on any atom is -0.431 e. The predicted molar refractivity (Wildman–Crippen MR) is 205 cm³/mol. The number of hydrogen-bond acceptors (Lipinski definition) is 9. The fourth-order valence-corrected chi connectivity index (χ4v) is 6.67. The first-order chi connectivity index (χ1) is 25.9. The Morgan fingerprint density at radius 2 is 1.55 bits per heavy atom. The van der Waals surface area contributed by atoms with Crippen molar-refractivity contribution in [3.63, 3.8) is 0 Å². The number of oxazole rings is 1. The molecule has 2 amide bonds. The summed E-state index contributed by atoms with van der Waals surface area (Å²) in [5.74, 6) is 0.756. The molecule has 1 fully saturated rings. The van der Waals surface area contributed by atoms with Gasteiger partial charge in [0.05, 0.1) is 18.8 Å². The van der Waals surface area contributed by atoms with Gasteiger partial charge in [-0.1, -0.05) is 128 Å². The quantitative estimate of drug-likeness (QED) is 0.0260. The number of nitrogens with zero attached hydrogens (tertiary/aromatic N) is 1. The number of ether oxygens (including phenoxy) is 2. The van der Waals surface area contributed by atoms with Crippen molar-refractivity contribution in [3.05, 3.63) is 132 Å². The molecule has 10 nitrogen and oxygen atoms in total. The summed E-state index contributed by atoms with van der Waals surface area (Å²) < 4.78 is 19.3. The third-order valence-corrected chi connectivity index (χ3v) is 9.72. The van der Waals surface area contributed by atoms with Crippen molar-refractivity contribution in [2.24, 2.45) is 0 Å². The van der Waals surface area contributed by atoms with Gasteiger partial charge < -0.3 is 24.3 Å². The molecule has 11 heteroatoms. The van der Waals surface area contributed by atoms with Gasteiger partial charge in [-0.2, -0.15) is 0 Å². The van der Waals surface area contributed by atoms with Crippen molar-refractivity contribution in [2.45, 2.75) is 82.2 Å². The number of nitrogens with one attached hydrogen (secondary N) is 2. The SMILES string of the molecule is C=C(/C=C\C(=C/C)NC(=O)CCCCCCC(=O)NO)[C@H]1O[C@@H](CSc2nc(-c3ccccc3)c(-c3ccccc3)o2)C[C@@H](c2ccc(CO)cc2)O1. The molecule has 4 N–H and O–H groups in total. The van der Waals surface area contributed by atoms with Crippen molar-refractivity contribution in [1.29, 1.82) is 0 Å². The normalized spacial score (nSPS) is 17.5. The van der Waals surface area contributed by atoms with Crippen LogP contribution in [-0.2, 0) is 25.7 Å². The standard InChI is InChI=1S/C42H47N3O7S/c1-3-34(43-37(47)18-12-4-5-13-19-38(48)45-49)25-20-29(2)41-50-35(26-36(51-41)31-23-21-30(27-46)22-24-31)28-53-42-44-39(32-14-8-6-9-15-32)40(52-42)33-16-10-7-11-17-33/h3,6-11,14-17,20-25,35-36,41,46,49H,2,4-5,12-13,18-19,26-28H2,1H3,(H,43,47)(H,45,48)/b25-20-,34-3+/t35-,36+,41+/m1/s1. The molecule has 278 valence electrons. The van der Waals surface area contributed by atoms with Gasteiger partial charge in [0.15, 0.2) is 12.1 Å². The second-order valence-electron chi connectivity index (χ2n) is 12.7. The molecule has 0 radical (unpaired) electrons. The summed E-state index contributed by atoms with van der Waals surface area (Å²) >= 11 is 1.49. The van der Waals surface area contributed by atoms with Crippen LogP contribution in [0.4, 0.5) is 0 Å². The van der Waals surface area contributed by atoms with E-state index in [1.54, 1.807) is 17.6 Å². The van der Waals surface area contributed by atoms with E-state index in [4.69, 9.17) is 24.1 Å². The lowest BCUT2D eigenvalue weighted by molar-refractivity contribution is -0.219. The predicted octanol–water partition coefficient (Wildman–Crippen LogP) is 8.44. The van der Waals surface area contributed by atoms with E-state index < -0.39 is 12.2 Å². The van der Waals surface area contributed by atoms with Gasteiger partial charge in [-0.3, -0.25) is 14.8 Å². The van der Waals surface area contributed by atoms with Crippen LogP contribution in [0.25, 0.3) is 22.6 Å². The number of hydroxylamine groups is 1. The molecule has 1 aliphatic rings. The first-order valence-corrected chi connectivity index (χ1v) is 18.9. The largest absolute Gasteiger partial charge is 0.431 e. The van der Waals surface area contributed by atoms with Gasteiger partial charge in [-0.15, -0.1) is 0 Å². The van der Waals surface area contributed by atoms with E-state index in [0.717, 1.165) is 40.8 Å². The molecule has 3 atom stereocenters. The number of aromatic nitrogens is 1. The smallest absolute Gasteiger partial charge is 0.256 e. The summed E-state index contributed by atoms with van der Waals surface area (Å²) in [7, 11) is 0.